The van der Waals surface area contributed by atoms with E-state index in [0.29, 0.717) is 24.7 Å². The summed E-state index contributed by atoms with van der Waals surface area (Å²) in [5.41, 5.74) is 0.790. The molecule has 0 heterocycles. The molecule has 0 spiro atoms. The molecule has 0 bridgehead atoms. The van der Waals surface area contributed by atoms with Gasteiger partial charge in [0.05, 0.1) is 6.61 Å². The van der Waals surface area contributed by atoms with E-state index in [1.807, 2.05) is 13.0 Å². The van der Waals surface area contributed by atoms with E-state index in [2.05, 4.69) is 0 Å². The summed E-state index contributed by atoms with van der Waals surface area (Å²) in [6.45, 7) is 2.49. The van der Waals surface area contributed by atoms with Gasteiger partial charge in [-0.05, 0) is 30.7 Å². The summed E-state index contributed by atoms with van der Waals surface area (Å²) in [4.78, 5) is 10.5. The molecule has 1 saturated carbocycles. The van der Waals surface area contributed by atoms with E-state index in [0.717, 1.165) is 11.8 Å². The summed E-state index contributed by atoms with van der Waals surface area (Å²) < 4.78 is 19.3. The monoisotopic (exact) mass is 236 g/mol. The van der Waals surface area contributed by atoms with Crippen LogP contribution in [-0.2, 0) is 4.79 Å². The first-order valence-corrected chi connectivity index (χ1v) is 6.07. The zero-order chi connectivity index (χ0) is 12.3. The maximum Gasteiger partial charge on any atom is 0.165 e. The minimum atomic E-state index is -0.333. The van der Waals surface area contributed by atoms with Crippen LogP contribution in [0, 0.1) is 11.7 Å². The average Bonchev–Trinajstić information content (AvgIpc) is 3.11. The van der Waals surface area contributed by atoms with Crippen LogP contribution in [0.4, 0.5) is 4.39 Å². The predicted molar refractivity (Wildman–Crippen MR) is 63.7 cm³/mol. The number of para-hydroxylation sites is 1. The van der Waals surface area contributed by atoms with Gasteiger partial charge in [-0.25, -0.2) is 4.39 Å². The fraction of sp³-hybridized carbons (Fsp3) is 0.500. The van der Waals surface area contributed by atoms with Crippen molar-refractivity contribution in [3.63, 3.8) is 0 Å². The quantitative estimate of drug-likeness (QED) is 0.708. The van der Waals surface area contributed by atoms with Crippen LogP contribution in [0.15, 0.2) is 18.2 Å². The SMILES string of the molecule is CC(CC=O)c1cccc(F)c1OCC1CC1. The molecule has 1 aromatic rings. The molecule has 3 heteroatoms. The Balaban J connectivity index is 2.16. The second-order valence-electron chi connectivity index (χ2n) is 4.72. The van der Waals surface area contributed by atoms with Crippen LogP contribution in [0.25, 0.3) is 0 Å². The number of carbonyl (C=O) groups is 1. The summed E-state index contributed by atoms with van der Waals surface area (Å²) in [7, 11) is 0. The van der Waals surface area contributed by atoms with Gasteiger partial charge in [-0.1, -0.05) is 19.1 Å². The van der Waals surface area contributed by atoms with Crippen molar-refractivity contribution >= 4 is 6.29 Å². The number of halogens is 1. The van der Waals surface area contributed by atoms with Crippen LogP contribution >= 0.6 is 0 Å². The molecule has 0 N–H and O–H groups in total. The zero-order valence-electron chi connectivity index (χ0n) is 9.99. The lowest BCUT2D eigenvalue weighted by atomic mass is 9.97. The molecule has 0 amide bonds. The van der Waals surface area contributed by atoms with E-state index in [9.17, 15) is 9.18 Å². The smallest absolute Gasteiger partial charge is 0.165 e. The molecule has 1 unspecified atom stereocenters. The van der Waals surface area contributed by atoms with Gasteiger partial charge in [0.15, 0.2) is 11.6 Å². The van der Waals surface area contributed by atoms with Gasteiger partial charge < -0.3 is 9.53 Å². The molecule has 1 aliphatic rings. The van der Waals surface area contributed by atoms with Crippen LogP contribution in [0.5, 0.6) is 5.75 Å². The normalized spacial score (nSPS) is 16.6. The van der Waals surface area contributed by atoms with Crippen LogP contribution in [0.2, 0.25) is 0 Å². The van der Waals surface area contributed by atoms with Crippen LogP contribution in [-0.4, -0.2) is 12.9 Å². The van der Waals surface area contributed by atoms with Gasteiger partial charge in [0, 0.05) is 12.0 Å². The van der Waals surface area contributed by atoms with E-state index in [1.165, 1.54) is 18.9 Å². The third kappa shape index (κ3) is 3.05. The summed E-state index contributed by atoms with van der Waals surface area (Å²) in [5.74, 6) is 0.580. The second-order valence-corrected chi connectivity index (χ2v) is 4.72. The maximum atomic E-state index is 13.7. The Hall–Kier alpha value is -1.38. The first-order valence-electron chi connectivity index (χ1n) is 6.07. The number of carbonyl (C=O) groups excluding carboxylic acids is 1. The number of ether oxygens (including phenoxy) is 1. The van der Waals surface area contributed by atoms with Gasteiger partial charge in [-0.3, -0.25) is 0 Å². The van der Waals surface area contributed by atoms with Gasteiger partial charge in [0.25, 0.3) is 0 Å². The largest absolute Gasteiger partial charge is 0.490 e. The van der Waals surface area contributed by atoms with Crippen molar-refractivity contribution in [3.8, 4) is 5.75 Å². The Bertz CT molecular complexity index is 399. The molecule has 1 aliphatic carbocycles. The lowest BCUT2D eigenvalue weighted by Gasteiger charge is -2.15. The summed E-state index contributed by atoms with van der Waals surface area (Å²) in [6, 6.07) is 4.90. The molecular weight excluding hydrogens is 219 g/mol. The highest BCUT2D eigenvalue weighted by Gasteiger charge is 2.24. The first-order chi connectivity index (χ1) is 8.22. The first kappa shape index (κ1) is 12.1. The standard InChI is InChI=1S/C14H17FO2/c1-10(7-8-16)12-3-2-4-13(15)14(12)17-9-11-5-6-11/h2-4,8,10-11H,5-7,9H2,1H3. The Kier molecular flexibility index (Phi) is 3.77. The van der Waals surface area contributed by atoms with Crippen molar-refractivity contribution in [2.24, 2.45) is 5.92 Å². The maximum absolute atomic E-state index is 13.7. The molecule has 92 valence electrons. The molecule has 1 aromatic carbocycles. The lowest BCUT2D eigenvalue weighted by Crippen LogP contribution is -2.06. The fourth-order valence-electron chi connectivity index (χ4n) is 1.82. The molecule has 17 heavy (non-hydrogen) atoms. The fourth-order valence-corrected chi connectivity index (χ4v) is 1.82. The minimum absolute atomic E-state index is 0.00240. The minimum Gasteiger partial charge on any atom is -0.490 e. The van der Waals surface area contributed by atoms with Crippen molar-refractivity contribution in [2.75, 3.05) is 6.61 Å². The van der Waals surface area contributed by atoms with Gasteiger partial charge >= 0.3 is 0 Å². The molecule has 0 aliphatic heterocycles. The Morgan fingerprint density at radius 1 is 1.53 bits per heavy atom. The topological polar surface area (TPSA) is 26.3 Å². The summed E-state index contributed by atoms with van der Waals surface area (Å²) in [6.07, 6.45) is 3.60. The van der Waals surface area contributed by atoms with Crippen molar-refractivity contribution in [1.29, 1.82) is 0 Å². The summed E-state index contributed by atoms with van der Waals surface area (Å²) in [5, 5.41) is 0. The Labute approximate surface area is 101 Å². The molecular formula is C14H17FO2. The number of aldehydes is 1. The van der Waals surface area contributed by atoms with Crippen LogP contribution < -0.4 is 4.74 Å². The number of rotatable bonds is 6. The number of hydrogen-bond acceptors (Lipinski definition) is 2. The lowest BCUT2D eigenvalue weighted by molar-refractivity contribution is -0.108. The highest BCUT2D eigenvalue weighted by Crippen LogP contribution is 2.34. The molecule has 0 radical (unpaired) electrons. The average molecular weight is 236 g/mol. The van der Waals surface area contributed by atoms with Crippen LogP contribution in [0.1, 0.15) is 37.7 Å². The van der Waals surface area contributed by atoms with E-state index >= 15 is 0 Å². The third-order valence-corrected chi connectivity index (χ3v) is 3.14. The molecule has 0 aromatic heterocycles. The van der Waals surface area contributed by atoms with E-state index in [-0.39, 0.29) is 11.7 Å². The highest BCUT2D eigenvalue weighted by atomic mass is 19.1. The summed E-state index contributed by atoms with van der Waals surface area (Å²) >= 11 is 0. The van der Waals surface area contributed by atoms with Crippen molar-refractivity contribution < 1.29 is 13.9 Å². The third-order valence-electron chi connectivity index (χ3n) is 3.14. The van der Waals surface area contributed by atoms with Gasteiger partial charge in [-0.15, -0.1) is 0 Å². The van der Waals surface area contributed by atoms with Crippen LogP contribution in [0.3, 0.4) is 0 Å². The van der Waals surface area contributed by atoms with E-state index < -0.39 is 0 Å². The van der Waals surface area contributed by atoms with Gasteiger partial charge in [0.2, 0.25) is 0 Å². The molecule has 1 atom stereocenters. The highest BCUT2D eigenvalue weighted by molar-refractivity contribution is 5.52. The van der Waals surface area contributed by atoms with Crippen molar-refractivity contribution in [2.45, 2.75) is 32.1 Å². The Morgan fingerprint density at radius 3 is 2.94 bits per heavy atom. The molecule has 1 fully saturated rings. The van der Waals surface area contributed by atoms with Gasteiger partial charge in [0.1, 0.15) is 6.29 Å². The van der Waals surface area contributed by atoms with Crippen molar-refractivity contribution in [3.05, 3.63) is 29.6 Å². The number of benzene rings is 1. The van der Waals surface area contributed by atoms with E-state index in [4.69, 9.17) is 4.74 Å². The van der Waals surface area contributed by atoms with Gasteiger partial charge in [-0.2, -0.15) is 0 Å². The zero-order valence-corrected chi connectivity index (χ0v) is 9.99. The number of hydrogen-bond donors (Lipinski definition) is 0. The molecule has 2 nitrogen and oxygen atoms in total. The second kappa shape index (κ2) is 5.30. The predicted octanol–water partition coefficient (Wildman–Crippen LogP) is 3.31. The van der Waals surface area contributed by atoms with Crippen molar-refractivity contribution in [1.82, 2.24) is 0 Å². The Morgan fingerprint density at radius 2 is 2.29 bits per heavy atom. The molecule has 2 rings (SSSR count). The molecule has 0 saturated heterocycles. The van der Waals surface area contributed by atoms with E-state index in [1.54, 1.807) is 6.07 Å².